The molecule has 2 amide bonds. The van der Waals surface area contributed by atoms with Gasteiger partial charge in [0.2, 0.25) is 11.8 Å². The van der Waals surface area contributed by atoms with E-state index in [4.69, 9.17) is 0 Å². The molecule has 0 heterocycles. The molecule has 0 aliphatic carbocycles. The molecule has 0 spiro atoms. The highest BCUT2D eigenvalue weighted by Crippen LogP contribution is 2.32. The van der Waals surface area contributed by atoms with Crippen molar-refractivity contribution >= 4 is 17.5 Å². The Labute approximate surface area is 172 Å². The second-order valence-electron chi connectivity index (χ2n) is 6.81. The lowest BCUT2D eigenvalue weighted by atomic mass is 9.98. The Balaban J connectivity index is 1.81. The van der Waals surface area contributed by atoms with Gasteiger partial charge >= 0.3 is 6.18 Å². The van der Waals surface area contributed by atoms with Crippen molar-refractivity contribution in [3.05, 3.63) is 77.6 Å². The summed E-state index contributed by atoms with van der Waals surface area (Å²) in [6, 6.07) is 10.2. The lowest BCUT2D eigenvalue weighted by Crippen LogP contribution is -2.29. The van der Waals surface area contributed by atoms with E-state index in [1.54, 1.807) is 6.92 Å². The molecular weight excluding hydrogens is 400 g/mol. The molecule has 0 aliphatic rings. The molecule has 30 heavy (non-hydrogen) atoms. The predicted octanol–water partition coefficient (Wildman–Crippen LogP) is 4.72. The molecule has 1 atom stereocenters. The van der Waals surface area contributed by atoms with Gasteiger partial charge in [-0.1, -0.05) is 30.4 Å². The summed E-state index contributed by atoms with van der Waals surface area (Å²) in [7, 11) is 0. The molecule has 2 aromatic rings. The Hall–Kier alpha value is -3.16. The second kappa shape index (κ2) is 10.0. The number of benzene rings is 2. The molecule has 2 aromatic carbocycles. The summed E-state index contributed by atoms with van der Waals surface area (Å²) >= 11 is 0. The van der Waals surface area contributed by atoms with Crippen molar-refractivity contribution in [1.82, 2.24) is 5.32 Å². The molecule has 0 fully saturated rings. The molecule has 0 aliphatic heterocycles. The maximum Gasteiger partial charge on any atom is 0.416 e. The number of anilines is 1. The van der Waals surface area contributed by atoms with Crippen LogP contribution in [-0.4, -0.2) is 18.4 Å². The molecule has 160 valence electrons. The summed E-state index contributed by atoms with van der Waals surface area (Å²) in [5.41, 5.74) is 0.0484. The Morgan fingerprint density at radius 2 is 1.70 bits per heavy atom. The smallest absolute Gasteiger partial charge is 0.355 e. The summed E-state index contributed by atoms with van der Waals surface area (Å²) in [6.07, 6.45) is -4.65. The van der Waals surface area contributed by atoms with Crippen LogP contribution in [-0.2, 0) is 22.2 Å². The Kier molecular flexibility index (Phi) is 7.74. The number of hydrogen-bond donors (Lipinski definition) is 2. The fourth-order valence-corrected chi connectivity index (χ4v) is 2.73. The van der Waals surface area contributed by atoms with Gasteiger partial charge < -0.3 is 10.6 Å². The van der Waals surface area contributed by atoms with Crippen LogP contribution in [0.1, 0.15) is 24.5 Å². The number of alkyl halides is 3. The van der Waals surface area contributed by atoms with E-state index in [0.29, 0.717) is 11.3 Å². The maximum atomic E-state index is 13.0. The normalized spacial score (nSPS) is 12.2. The van der Waals surface area contributed by atoms with Gasteiger partial charge in [0.25, 0.3) is 0 Å². The van der Waals surface area contributed by atoms with Crippen LogP contribution in [0.15, 0.2) is 60.7 Å². The second-order valence-corrected chi connectivity index (χ2v) is 6.81. The van der Waals surface area contributed by atoms with Gasteiger partial charge in [-0.3, -0.25) is 9.59 Å². The molecule has 4 nitrogen and oxygen atoms in total. The van der Waals surface area contributed by atoms with Gasteiger partial charge in [0, 0.05) is 12.2 Å². The van der Waals surface area contributed by atoms with E-state index < -0.39 is 35.8 Å². The number of carbonyl (C=O) groups is 2. The highest BCUT2D eigenvalue weighted by molar-refractivity contribution is 5.94. The van der Waals surface area contributed by atoms with Crippen molar-refractivity contribution < 1.29 is 27.2 Å². The first-order valence-electron chi connectivity index (χ1n) is 9.24. The minimum atomic E-state index is -4.53. The Morgan fingerprint density at radius 3 is 2.33 bits per heavy atom. The van der Waals surface area contributed by atoms with Gasteiger partial charge in [0.15, 0.2) is 0 Å². The molecule has 2 rings (SSSR count). The van der Waals surface area contributed by atoms with E-state index in [-0.39, 0.29) is 24.4 Å². The van der Waals surface area contributed by atoms with E-state index in [9.17, 15) is 27.2 Å². The Bertz CT molecular complexity index is 908. The first kappa shape index (κ1) is 23.1. The first-order chi connectivity index (χ1) is 14.1. The zero-order valence-corrected chi connectivity index (χ0v) is 16.4. The average molecular weight is 422 g/mol. The summed E-state index contributed by atoms with van der Waals surface area (Å²) < 4.78 is 51.9. The van der Waals surface area contributed by atoms with Gasteiger partial charge in [-0.2, -0.15) is 13.2 Å². The molecule has 0 radical (unpaired) electrons. The molecule has 0 aromatic heterocycles. The van der Waals surface area contributed by atoms with E-state index in [1.807, 2.05) is 0 Å². The lowest BCUT2D eigenvalue weighted by Gasteiger charge is -2.16. The largest absolute Gasteiger partial charge is 0.416 e. The summed E-state index contributed by atoms with van der Waals surface area (Å²) in [6.45, 7) is 5.62. The fourth-order valence-electron chi connectivity index (χ4n) is 2.73. The first-order valence-corrected chi connectivity index (χ1v) is 9.24. The SMILES string of the molecule is C=C(CCNC(=O)Cc1ccccc1C(F)(F)F)C(C)C(=O)Nc1ccc(F)cc1. The van der Waals surface area contributed by atoms with Crippen LogP contribution in [0.5, 0.6) is 0 Å². The monoisotopic (exact) mass is 422 g/mol. The van der Waals surface area contributed by atoms with Crippen molar-refractivity contribution in [2.45, 2.75) is 25.9 Å². The standard InChI is InChI=1S/C22H22F4N2O2/c1-14(15(2)21(30)28-18-9-7-17(23)8-10-18)11-12-27-20(29)13-16-5-3-4-6-19(16)22(24,25)26/h3-10,15H,1,11-13H2,2H3,(H,27,29)(H,28,30). The third-order valence-corrected chi connectivity index (χ3v) is 4.56. The predicted molar refractivity (Wildman–Crippen MR) is 106 cm³/mol. The third kappa shape index (κ3) is 6.72. The number of rotatable bonds is 8. The molecule has 2 N–H and O–H groups in total. The van der Waals surface area contributed by atoms with Crippen molar-refractivity contribution in [1.29, 1.82) is 0 Å². The lowest BCUT2D eigenvalue weighted by molar-refractivity contribution is -0.138. The van der Waals surface area contributed by atoms with Gasteiger partial charge in [-0.05, 0) is 49.2 Å². The van der Waals surface area contributed by atoms with E-state index in [1.165, 1.54) is 42.5 Å². The van der Waals surface area contributed by atoms with Gasteiger partial charge in [-0.25, -0.2) is 4.39 Å². The molecule has 0 bridgehead atoms. The highest BCUT2D eigenvalue weighted by Gasteiger charge is 2.33. The van der Waals surface area contributed by atoms with Crippen LogP contribution >= 0.6 is 0 Å². The van der Waals surface area contributed by atoms with Crippen LogP contribution in [0, 0.1) is 11.7 Å². The number of hydrogen-bond acceptors (Lipinski definition) is 2. The number of amides is 2. The number of nitrogens with one attached hydrogen (secondary N) is 2. The van der Waals surface area contributed by atoms with Crippen LogP contribution in [0.4, 0.5) is 23.2 Å². The fraction of sp³-hybridized carbons (Fsp3) is 0.273. The van der Waals surface area contributed by atoms with Crippen LogP contribution < -0.4 is 10.6 Å². The van der Waals surface area contributed by atoms with Gasteiger partial charge in [0.1, 0.15) is 5.82 Å². The minimum absolute atomic E-state index is 0.103. The zero-order valence-electron chi connectivity index (χ0n) is 16.4. The van der Waals surface area contributed by atoms with Crippen LogP contribution in [0.3, 0.4) is 0 Å². The summed E-state index contributed by atoms with van der Waals surface area (Å²) in [4.78, 5) is 24.3. The number of carbonyl (C=O) groups excluding carboxylic acids is 2. The average Bonchev–Trinajstić information content (AvgIpc) is 2.68. The number of halogens is 4. The van der Waals surface area contributed by atoms with Crippen molar-refractivity contribution in [2.75, 3.05) is 11.9 Å². The highest BCUT2D eigenvalue weighted by atomic mass is 19.4. The topological polar surface area (TPSA) is 58.2 Å². The van der Waals surface area contributed by atoms with Crippen LogP contribution in [0.25, 0.3) is 0 Å². The third-order valence-electron chi connectivity index (χ3n) is 4.56. The molecule has 8 heteroatoms. The van der Waals surface area contributed by atoms with Gasteiger partial charge in [-0.15, -0.1) is 0 Å². The Morgan fingerprint density at radius 1 is 1.07 bits per heavy atom. The molecule has 0 saturated carbocycles. The van der Waals surface area contributed by atoms with E-state index >= 15 is 0 Å². The summed E-state index contributed by atoms with van der Waals surface area (Å²) in [5, 5.41) is 5.19. The minimum Gasteiger partial charge on any atom is -0.355 e. The van der Waals surface area contributed by atoms with Crippen molar-refractivity contribution in [3.63, 3.8) is 0 Å². The van der Waals surface area contributed by atoms with Crippen LogP contribution in [0.2, 0.25) is 0 Å². The zero-order chi connectivity index (χ0) is 22.3. The van der Waals surface area contributed by atoms with Gasteiger partial charge in [0.05, 0.1) is 17.9 Å². The maximum absolute atomic E-state index is 13.0. The van der Waals surface area contributed by atoms with Crippen molar-refractivity contribution in [3.8, 4) is 0 Å². The quantitative estimate of drug-likeness (QED) is 0.478. The van der Waals surface area contributed by atoms with Crippen molar-refractivity contribution in [2.24, 2.45) is 5.92 Å². The van der Waals surface area contributed by atoms with E-state index in [2.05, 4.69) is 17.2 Å². The molecule has 1 unspecified atom stereocenters. The molecule has 0 saturated heterocycles. The summed E-state index contributed by atoms with van der Waals surface area (Å²) in [5.74, 6) is -1.88. The van der Waals surface area contributed by atoms with E-state index in [0.717, 1.165) is 6.07 Å². The molecular formula is C22H22F4N2O2.